The molecule has 1 unspecified atom stereocenters. The second kappa shape index (κ2) is 6.75. The Kier molecular flexibility index (Phi) is 5.01. The van der Waals surface area contributed by atoms with Crippen molar-refractivity contribution in [2.45, 2.75) is 45.1 Å². The number of aliphatic hydroxyl groups is 1. The number of methoxy groups -OCH3 is 1. The van der Waals surface area contributed by atoms with Gasteiger partial charge in [-0.3, -0.25) is 0 Å². The highest BCUT2D eigenvalue weighted by Crippen LogP contribution is 2.35. The Labute approximate surface area is 119 Å². The molecule has 0 saturated heterocycles. The van der Waals surface area contributed by atoms with Gasteiger partial charge in [0.2, 0.25) is 0 Å². The van der Waals surface area contributed by atoms with Crippen LogP contribution in [-0.2, 0) is 22.4 Å². The first-order valence-corrected chi connectivity index (χ1v) is 7.22. The maximum atomic E-state index is 11.9. The Balaban J connectivity index is 2.45. The molecule has 1 aliphatic carbocycles. The van der Waals surface area contributed by atoms with E-state index in [4.69, 9.17) is 9.47 Å². The van der Waals surface area contributed by atoms with E-state index in [-0.39, 0.29) is 6.61 Å². The lowest BCUT2D eigenvalue weighted by Gasteiger charge is -2.19. The largest absolute Gasteiger partial charge is 0.496 e. The van der Waals surface area contributed by atoms with Crippen LogP contribution in [0.4, 0.5) is 0 Å². The molecule has 20 heavy (non-hydrogen) atoms. The molecule has 0 bridgehead atoms. The number of rotatable bonds is 4. The third-order valence-corrected chi connectivity index (χ3v) is 3.79. The molecule has 1 aromatic rings. The third-order valence-electron chi connectivity index (χ3n) is 3.79. The molecule has 0 saturated carbocycles. The summed E-state index contributed by atoms with van der Waals surface area (Å²) >= 11 is 0. The van der Waals surface area contributed by atoms with Gasteiger partial charge < -0.3 is 14.6 Å². The summed E-state index contributed by atoms with van der Waals surface area (Å²) in [6, 6.07) is 3.88. The van der Waals surface area contributed by atoms with Crippen LogP contribution in [0.1, 0.15) is 49.0 Å². The van der Waals surface area contributed by atoms with Crippen molar-refractivity contribution in [2.75, 3.05) is 13.7 Å². The molecule has 1 N–H and O–H groups in total. The molecule has 0 heterocycles. The normalized spacial score (nSPS) is 15.9. The van der Waals surface area contributed by atoms with Crippen LogP contribution in [0.25, 0.3) is 0 Å². The van der Waals surface area contributed by atoms with Gasteiger partial charge in [-0.25, -0.2) is 4.79 Å². The minimum absolute atomic E-state index is 0.257. The molecular formula is C16H22O4. The number of ether oxygens (including phenoxy) is 2. The maximum Gasteiger partial charge on any atom is 0.339 e. The number of carbonyl (C=O) groups is 1. The van der Waals surface area contributed by atoms with Crippen LogP contribution >= 0.6 is 0 Å². The van der Waals surface area contributed by atoms with Gasteiger partial charge >= 0.3 is 5.97 Å². The molecule has 1 aromatic carbocycles. The quantitative estimate of drug-likeness (QED) is 0.679. The second-order valence-electron chi connectivity index (χ2n) is 5.03. The number of hydrogen-bond donors (Lipinski definition) is 1. The number of carbonyl (C=O) groups excluding carboxylic acids is 1. The summed E-state index contributed by atoms with van der Waals surface area (Å²) in [5.74, 6) is -0.0466. The molecule has 0 fully saturated rings. The molecule has 1 aliphatic rings. The Morgan fingerprint density at radius 2 is 2.05 bits per heavy atom. The minimum Gasteiger partial charge on any atom is -0.496 e. The number of hydrogen-bond acceptors (Lipinski definition) is 4. The van der Waals surface area contributed by atoms with E-state index in [2.05, 4.69) is 0 Å². The fourth-order valence-corrected chi connectivity index (χ4v) is 2.83. The van der Waals surface area contributed by atoms with Crippen molar-refractivity contribution < 1.29 is 19.4 Å². The maximum absolute atomic E-state index is 11.9. The highest BCUT2D eigenvalue weighted by atomic mass is 16.5. The first-order valence-electron chi connectivity index (χ1n) is 7.22. The zero-order chi connectivity index (χ0) is 14.5. The van der Waals surface area contributed by atoms with Gasteiger partial charge in [0, 0.05) is 5.56 Å². The molecule has 110 valence electrons. The zero-order valence-corrected chi connectivity index (χ0v) is 12.1. The van der Waals surface area contributed by atoms with Crippen LogP contribution in [0, 0.1) is 0 Å². The topological polar surface area (TPSA) is 55.8 Å². The van der Waals surface area contributed by atoms with Crippen LogP contribution in [0.3, 0.4) is 0 Å². The van der Waals surface area contributed by atoms with E-state index in [1.54, 1.807) is 14.0 Å². The van der Waals surface area contributed by atoms with Crippen molar-refractivity contribution in [3.8, 4) is 5.75 Å². The van der Waals surface area contributed by atoms with E-state index < -0.39 is 12.1 Å². The van der Waals surface area contributed by atoms with E-state index in [0.29, 0.717) is 11.3 Å². The molecule has 0 spiro atoms. The Morgan fingerprint density at radius 3 is 2.75 bits per heavy atom. The van der Waals surface area contributed by atoms with Crippen LogP contribution in [0.15, 0.2) is 12.1 Å². The van der Waals surface area contributed by atoms with Crippen molar-refractivity contribution >= 4 is 5.97 Å². The van der Waals surface area contributed by atoms with Crippen molar-refractivity contribution in [1.29, 1.82) is 0 Å². The van der Waals surface area contributed by atoms with Gasteiger partial charge in [-0.15, -0.1) is 0 Å². The molecule has 0 amide bonds. The fourth-order valence-electron chi connectivity index (χ4n) is 2.83. The van der Waals surface area contributed by atoms with Crippen molar-refractivity contribution in [3.63, 3.8) is 0 Å². The van der Waals surface area contributed by atoms with Crippen molar-refractivity contribution in [3.05, 3.63) is 28.8 Å². The Bertz CT molecular complexity index is 482. The third kappa shape index (κ3) is 2.96. The average molecular weight is 278 g/mol. The summed E-state index contributed by atoms with van der Waals surface area (Å²) in [5.41, 5.74) is 2.86. The van der Waals surface area contributed by atoms with Gasteiger partial charge in [0.1, 0.15) is 5.75 Å². The number of aryl methyl sites for hydroxylation is 1. The van der Waals surface area contributed by atoms with Crippen LogP contribution in [-0.4, -0.2) is 24.8 Å². The predicted molar refractivity (Wildman–Crippen MR) is 75.8 cm³/mol. The highest BCUT2D eigenvalue weighted by Gasteiger charge is 2.27. The Morgan fingerprint density at radius 1 is 1.30 bits per heavy atom. The lowest BCUT2D eigenvalue weighted by molar-refractivity contribution is -0.153. The monoisotopic (exact) mass is 278 g/mol. The van der Waals surface area contributed by atoms with Crippen molar-refractivity contribution in [2.24, 2.45) is 0 Å². The van der Waals surface area contributed by atoms with Crippen LogP contribution < -0.4 is 4.74 Å². The van der Waals surface area contributed by atoms with Gasteiger partial charge in [-0.2, -0.15) is 0 Å². The Hall–Kier alpha value is -1.55. The molecule has 0 radical (unpaired) electrons. The first kappa shape index (κ1) is 14.9. The predicted octanol–water partition coefficient (Wildman–Crippen LogP) is 2.56. The van der Waals surface area contributed by atoms with E-state index in [1.807, 2.05) is 12.1 Å². The molecule has 2 rings (SSSR count). The number of aliphatic hydroxyl groups excluding tert-OH is 1. The molecule has 4 nitrogen and oxygen atoms in total. The summed E-state index contributed by atoms with van der Waals surface area (Å²) < 4.78 is 10.3. The first-order chi connectivity index (χ1) is 9.69. The summed E-state index contributed by atoms with van der Waals surface area (Å²) in [6.07, 6.45) is 3.99. The van der Waals surface area contributed by atoms with Gasteiger partial charge in [0.15, 0.2) is 6.10 Å². The summed E-state index contributed by atoms with van der Waals surface area (Å²) in [7, 11) is 1.56. The van der Waals surface area contributed by atoms with Crippen LogP contribution in [0.5, 0.6) is 5.75 Å². The highest BCUT2D eigenvalue weighted by molar-refractivity contribution is 5.78. The van der Waals surface area contributed by atoms with E-state index >= 15 is 0 Å². The van der Waals surface area contributed by atoms with E-state index in [1.165, 1.54) is 12.0 Å². The second-order valence-corrected chi connectivity index (χ2v) is 5.03. The smallest absolute Gasteiger partial charge is 0.339 e. The molecule has 0 aromatic heterocycles. The fraction of sp³-hybridized carbons (Fsp3) is 0.562. The van der Waals surface area contributed by atoms with Gasteiger partial charge in [0.05, 0.1) is 13.7 Å². The standard InChI is InChI=1S/C16H22O4/c1-3-20-16(18)15(17)14-12-8-6-4-5-7-11(12)9-10-13(14)19-2/h9-10,15,17H,3-8H2,1-2H3. The number of fused-ring (bicyclic) bond motifs is 1. The number of benzene rings is 1. The SMILES string of the molecule is CCOC(=O)C(O)c1c(OC)ccc2c1CCCCC2. The average Bonchev–Trinajstić information content (AvgIpc) is 2.70. The van der Waals surface area contributed by atoms with E-state index in [0.717, 1.165) is 31.2 Å². The molecule has 4 heteroatoms. The van der Waals surface area contributed by atoms with Gasteiger partial charge in [0.25, 0.3) is 0 Å². The van der Waals surface area contributed by atoms with Crippen molar-refractivity contribution in [1.82, 2.24) is 0 Å². The molecule has 0 aliphatic heterocycles. The lowest BCUT2D eigenvalue weighted by Crippen LogP contribution is -2.18. The zero-order valence-electron chi connectivity index (χ0n) is 12.1. The molecule has 1 atom stereocenters. The lowest BCUT2D eigenvalue weighted by atomic mass is 9.93. The van der Waals surface area contributed by atoms with E-state index in [9.17, 15) is 9.90 Å². The van der Waals surface area contributed by atoms with Gasteiger partial charge in [-0.1, -0.05) is 12.5 Å². The summed E-state index contributed by atoms with van der Waals surface area (Å²) in [4.78, 5) is 11.9. The number of esters is 1. The minimum atomic E-state index is -1.27. The molecular weight excluding hydrogens is 256 g/mol. The summed E-state index contributed by atoms with van der Waals surface area (Å²) in [5, 5.41) is 10.3. The van der Waals surface area contributed by atoms with Gasteiger partial charge in [-0.05, 0) is 49.8 Å². The van der Waals surface area contributed by atoms with Crippen LogP contribution in [0.2, 0.25) is 0 Å². The summed E-state index contributed by atoms with van der Waals surface area (Å²) in [6.45, 7) is 1.99.